The minimum Gasteiger partial charge on any atom is -0.309 e. The van der Waals surface area contributed by atoms with Crippen LogP contribution in [0.2, 0.25) is 4.34 Å². The Bertz CT molecular complexity index is 310. The summed E-state index contributed by atoms with van der Waals surface area (Å²) in [5.74, 6) is 0. The van der Waals surface area contributed by atoms with Crippen LogP contribution >= 0.6 is 22.9 Å². The Hall–Kier alpha value is -0.0900. The van der Waals surface area contributed by atoms with Crippen molar-refractivity contribution in [2.24, 2.45) is 0 Å². The third-order valence-electron chi connectivity index (χ3n) is 3.02. The van der Waals surface area contributed by atoms with Crippen LogP contribution < -0.4 is 5.32 Å². The van der Waals surface area contributed by atoms with Crippen LogP contribution in [0.4, 0.5) is 0 Å². The van der Waals surface area contributed by atoms with Crippen LogP contribution in [0.1, 0.15) is 38.1 Å². The van der Waals surface area contributed by atoms with Crippen LogP contribution in [0.5, 0.6) is 0 Å². The number of thiophene rings is 1. The quantitative estimate of drug-likeness (QED) is 0.726. The molecule has 0 bridgehead atoms. The predicted octanol–water partition coefficient (Wildman–Crippen LogP) is 3.78. The summed E-state index contributed by atoms with van der Waals surface area (Å²) in [6.45, 7) is 11.2. The highest BCUT2D eigenvalue weighted by Gasteiger charge is 2.07. The van der Waals surface area contributed by atoms with Gasteiger partial charge < -0.3 is 10.2 Å². The summed E-state index contributed by atoms with van der Waals surface area (Å²) in [5, 5.41) is 3.54. The van der Waals surface area contributed by atoms with Crippen molar-refractivity contribution in [2.45, 2.75) is 33.2 Å². The molecule has 2 nitrogen and oxygen atoms in total. The minimum atomic E-state index is 0.407. The largest absolute Gasteiger partial charge is 0.309 e. The molecule has 0 aliphatic heterocycles. The van der Waals surface area contributed by atoms with Gasteiger partial charge in [0.2, 0.25) is 0 Å². The fourth-order valence-electron chi connectivity index (χ4n) is 1.82. The van der Waals surface area contributed by atoms with E-state index in [1.807, 2.05) is 6.07 Å². The molecule has 0 saturated heterocycles. The molecule has 0 fully saturated rings. The molecule has 0 aromatic carbocycles. The van der Waals surface area contributed by atoms with E-state index in [-0.39, 0.29) is 0 Å². The maximum absolute atomic E-state index is 5.93. The molecule has 4 heteroatoms. The average Bonchev–Trinajstić information content (AvgIpc) is 2.76. The molecule has 0 spiro atoms. The summed E-state index contributed by atoms with van der Waals surface area (Å²) in [4.78, 5) is 3.77. The maximum atomic E-state index is 5.93. The van der Waals surface area contributed by atoms with E-state index < -0.39 is 0 Å². The van der Waals surface area contributed by atoms with Crippen LogP contribution in [-0.4, -0.2) is 31.1 Å². The van der Waals surface area contributed by atoms with Crippen molar-refractivity contribution in [3.63, 3.8) is 0 Å². The molecular formula is C13H23ClN2S. The highest BCUT2D eigenvalue weighted by Crippen LogP contribution is 2.26. The van der Waals surface area contributed by atoms with Crippen molar-refractivity contribution in [2.75, 3.05) is 26.2 Å². The molecule has 0 amide bonds. The van der Waals surface area contributed by atoms with E-state index in [1.165, 1.54) is 17.8 Å². The molecule has 0 aliphatic carbocycles. The predicted molar refractivity (Wildman–Crippen MR) is 78.2 cm³/mol. The van der Waals surface area contributed by atoms with E-state index in [9.17, 15) is 0 Å². The number of nitrogens with zero attached hydrogens (tertiary/aromatic N) is 1. The third-order valence-corrected chi connectivity index (χ3v) is 4.43. The van der Waals surface area contributed by atoms with Gasteiger partial charge in [-0.1, -0.05) is 25.4 Å². The Morgan fingerprint density at radius 1 is 1.35 bits per heavy atom. The van der Waals surface area contributed by atoms with Gasteiger partial charge in [-0.25, -0.2) is 0 Å². The van der Waals surface area contributed by atoms with Crippen LogP contribution in [0.3, 0.4) is 0 Å². The standard InChI is InChI=1S/C13H23ClN2S/c1-4-16(5-2)10-6-9-15-11(3)12-7-8-13(14)17-12/h7-8,11,15H,4-6,9-10H2,1-3H3. The molecule has 0 radical (unpaired) electrons. The van der Waals surface area contributed by atoms with E-state index in [4.69, 9.17) is 11.6 Å². The Morgan fingerprint density at radius 2 is 2.06 bits per heavy atom. The topological polar surface area (TPSA) is 15.3 Å². The second-order valence-electron chi connectivity index (χ2n) is 4.20. The first kappa shape index (κ1) is 15.0. The van der Waals surface area contributed by atoms with Crippen molar-refractivity contribution in [3.8, 4) is 0 Å². The first-order valence-electron chi connectivity index (χ1n) is 6.38. The van der Waals surface area contributed by atoms with Gasteiger partial charge >= 0.3 is 0 Å². The van der Waals surface area contributed by atoms with Crippen LogP contribution in [0.25, 0.3) is 0 Å². The summed E-state index contributed by atoms with van der Waals surface area (Å²) in [6.07, 6.45) is 1.20. The second-order valence-corrected chi connectivity index (χ2v) is 5.94. The first-order valence-corrected chi connectivity index (χ1v) is 7.57. The summed E-state index contributed by atoms with van der Waals surface area (Å²) in [5.41, 5.74) is 0. The first-order chi connectivity index (χ1) is 8.17. The molecule has 1 aromatic rings. The number of hydrogen-bond donors (Lipinski definition) is 1. The van der Waals surface area contributed by atoms with Gasteiger partial charge in [-0.3, -0.25) is 0 Å². The van der Waals surface area contributed by atoms with Gasteiger partial charge in [0.25, 0.3) is 0 Å². The lowest BCUT2D eigenvalue weighted by molar-refractivity contribution is 0.296. The van der Waals surface area contributed by atoms with Gasteiger partial charge in [0, 0.05) is 10.9 Å². The second kappa shape index (κ2) is 8.09. The lowest BCUT2D eigenvalue weighted by atomic mass is 10.2. The molecule has 1 N–H and O–H groups in total. The Balaban J connectivity index is 2.18. The van der Waals surface area contributed by atoms with Crippen LogP contribution in [-0.2, 0) is 0 Å². The van der Waals surface area contributed by atoms with Gasteiger partial charge in [-0.15, -0.1) is 11.3 Å². The summed E-state index contributed by atoms with van der Waals surface area (Å²) < 4.78 is 0.872. The van der Waals surface area contributed by atoms with Crippen LogP contribution in [0.15, 0.2) is 12.1 Å². The molecule has 1 atom stereocenters. The highest BCUT2D eigenvalue weighted by atomic mass is 35.5. The number of halogens is 1. The normalized spacial score (nSPS) is 13.2. The zero-order valence-corrected chi connectivity index (χ0v) is 12.6. The van der Waals surface area contributed by atoms with Crippen molar-refractivity contribution in [1.82, 2.24) is 10.2 Å². The molecule has 98 valence electrons. The third kappa shape index (κ3) is 5.38. The molecule has 1 rings (SSSR count). The van der Waals surface area contributed by atoms with E-state index in [2.05, 4.69) is 37.1 Å². The Labute approximate surface area is 114 Å². The fourth-order valence-corrected chi connectivity index (χ4v) is 2.91. The zero-order chi connectivity index (χ0) is 12.7. The maximum Gasteiger partial charge on any atom is 0.0931 e. The van der Waals surface area contributed by atoms with Crippen molar-refractivity contribution >= 4 is 22.9 Å². The van der Waals surface area contributed by atoms with Gasteiger partial charge in [0.05, 0.1) is 4.34 Å². The minimum absolute atomic E-state index is 0.407. The Morgan fingerprint density at radius 3 is 2.59 bits per heavy atom. The van der Waals surface area contributed by atoms with E-state index in [0.717, 1.165) is 24.0 Å². The molecule has 0 aliphatic rings. The number of rotatable bonds is 8. The lowest BCUT2D eigenvalue weighted by Gasteiger charge is -2.18. The molecule has 17 heavy (non-hydrogen) atoms. The Kier molecular flexibility index (Phi) is 7.12. The van der Waals surface area contributed by atoms with Gasteiger partial charge in [-0.05, 0) is 51.7 Å². The molecule has 1 unspecified atom stereocenters. The van der Waals surface area contributed by atoms with Crippen LogP contribution in [0, 0.1) is 0 Å². The monoisotopic (exact) mass is 274 g/mol. The molecular weight excluding hydrogens is 252 g/mol. The van der Waals surface area contributed by atoms with Gasteiger partial charge in [-0.2, -0.15) is 0 Å². The van der Waals surface area contributed by atoms with E-state index in [1.54, 1.807) is 11.3 Å². The fraction of sp³-hybridized carbons (Fsp3) is 0.692. The van der Waals surface area contributed by atoms with Gasteiger partial charge in [0.15, 0.2) is 0 Å². The molecule has 1 aromatic heterocycles. The van der Waals surface area contributed by atoms with E-state index >= 15 is 0 Å². The highest BCUT2D eigenvalue weighted by molar-refractivity contribution is 7.16. The van der Waals surface area contributed by atoms with Crippen molar-refractivity contribution < 1.29 is 0 Å². The van der Waals surface area contributed by atoms with Crippen molar-refractivity contribution in [3.05, 3.63) is 21.3 Å². The summed E-state index contributed by atoms with van der Waals surface area (Å²) in [6, 6.07) is 4.48. The zero-order valence-electron chi connectivity index (χ0n) is 11.0. The van der Waals surface area contributed by atoms with Gasteiger partial charge in [0.1, 0.15) is 0 Å². The molecule has 0 saturated carbocycles. The summed E-state index contributed by atoms with van der Waals surface area (Å²) in [7, 11) is 0. The molecule has 1 heterocycles. The lowest BCUT2D eigenvalue weighted by Crippen LogP contribution is -2.28. The summed E-state index contributed by atoms with van der Waals surface area (Å²) >= 11 is 7.59. The number of nitrogens with one attached hydrogen (secondary N) is 1. The number of hydrogen-bond acceptors (Lipinski definition) is 3. The van der Waals surface area contributed by atoms with Crippen molar-refractivity contribution in [1.29, 1.82) is 0 Å². The SMILES string of the molecule is CCN(CC)CCCNC(C)c1ccc(Cl)s1. The smallest absolute Gasteiger partial charge is 0.0931 e. The van der Waals surface area contributed by atoms with E-state index in [0.29, 0.717) is 6.04 Å². The average molecular weight is 275 g/mol.